The van der Waals surface area contributed by atoms with Crippen LogP contribution in [0, 0.1) is 0 Å². The fourth-order valence-electron chi connectivity index (χ4n) is 3.63. The van der Waals surface area contributed by atoms with Crippen LogP contribution < -0.4 is 20.1 Å². The van der Waals surface area contributed by atoms with Crippen LogP contribution in [0.25, 0.3) is 0 Å². The summed E-state index contributed by atoms with van der Waals surface area (Å²) in [7, 11) is 0. The molecule has 2 aliphatic heterocycles. The Hall–Kier alpha value is -1.56. The lowest BCUT2D eigenvalue weighted by Crippen LogP contribution is -2.44. The summed E-state index contributed by atoms with van der Waals surface area (Å²) in [5.41, 5.74) is 0.936. The largest absolute Gasteiger partial charge is 0.490 e. The normalized spacial score (nSPS) is 17.7. The molecule has 1 aromatic heterocycles. The lowest BCUT2D eigenvalue weighted by Gasteiger charge is -2.31. The van der Waals surface area contributed by atoms with Crippen LogP contribution in [0.4, 0.5) is 5.69 Å². The van der Waals surface area contributed by atoms with Gasteiger partial charge >= 0.3 is 0 Å². The molecule has 0 amide bonds. The lowest BCUT2D eigenvalue weighted by molar-refractivity contribution is 0.0220. The Morgan fingerprint density at radius 3 is 2.72 bits per heavy atom. The quantitative estimate of drug-likeness (QED) is 0.299. The summed E-state index contributed by atoms with van der Waals surface area (Å²) < 4.78 is 17.1. The lowest BCUT2D eigenvalue weighted by atomic mass is 10.2. The average Bonchev–Trinajstić information content (AvgIpc) is 3.21. The Labute approximate surface area is 211 Å². The number of aliphatic imine (C=N–C) groups is 1. The predicted molar refractivity (Wildman–Crippen MR) is 141 cm³/mol. The molecule has 2 N–H and O–H groups in total. The second-order valence-corrected chi connectivity index (χ2v) is 8.81. The van der Waals surface area contributed by atoms with Crippen molar-refractivity contribution in [1.82, 2.24) is 10.2 Å². The molecule has 7 nitrogen and oxygen atoms in total. The van der Waals surface area contributed by atoms with E-state index in [-0.39, 0.29) is 24.0 Å². The minimum absolute atomic E-state index is 0. The topological polar surface area (TPSA) is 67.4 Å². The smallest absolute Gasteiger partial charge is 0.195 e. The minimum Gasteiger partial charge on any atom is -0.490 e. The van der Waals surface area contributed by atoms with Crippen molar-refractivity contribution in [3.8, 4) is 11.5 Å². The molecule has 176 valence electrons. The van der Waals surface area contributed by atoms with E-state index in [0.29, 0.717) is 19.3 Å². The van der Waals surface area contributed by atoms with Gasteiger partial charge in [0.25, 0.3) is 0 Å². The number of ether oxygens (including phenoxy) is 3. The van der Waals surface area contributed by atoms with Gasteiger partial charge in [-0.05, 0) is 36.9 Å². The molecule has 3 heterocycles. The molecule has 1 fully saturated rings. The number of thiophene rings is 1. The highest BCUT2D eigenvalue weighted by atomic mass is 127. The first-order valence-corrected chi connectivity index (χ1v) is 11.9. The zero-order valence-corrected chi connectivity index (χ0v) is 21.7. The van der Waals surface area contributed by atoms with Gasteiger partial charge in [-0.15, -0.1) is 35.3 Å². The second-order valence-electron chi connectivity index (χ2n) is 7.78. The zero-order valence-electron chi connectivity index (χ0n) is 18.5. The van der Waals surface area contributed by atoms with E-state index >= 15 is 0 Å². The van der Waals surface area contributed by atoms with Gasteiger partial charge in [0.15, 0.2) is 17.5 Å². The third-order valence-corrected chi connectivity index (χ3v) is 6.37. The number of benzene rings is 1. The monoisotopic (exact) mass is 572 g/mol. The number of guanidine groups is 1. The van der Waals surface area contributed by atoms with Crippen molar-refractivity contribution in [1.29, 1.82) is 0 Å². The van der Waals surface area contributed by atoms with Gasteiger partial charge in [-0.2, -0.15) is 0 Å². The molecule has 1 saturated heterocycles. The van der Waals surface area contributed by atoms with Gasteiger partial charge in [0.2, 0.25) is 0 Å². The highest BCUT2D eigenvalue weighted by molar-refractivity contribution is 14.0. The van der Waals surface area contributed by atoms with E-state index in [2.05, 4.69) is 40.0 Å². The van der Waals surface area contributed by atoms with Gasteiger partial charge in [0.05, 0.1) is 33.0 Å². The van der Waals surface area contributed by atoms with Crippen molar-refractivity contribution >= 4 is 47.0 Å². The summed E-state index contributed by atoms with van der Waals surface area (Å²) in [4.78, 5) is 8.69. The molecular weight excluding hydrogens is 539 g/mol. The molecule has 2 aromatic rings. The molecular formula is C23H33IN4O3S. The van der Waals surface area contributed by atoms with Gasteiger partial charge < -0.3 is 24.8 Å². The molecule has 2 aliphatic rings. The molecule has 1 unspecified atom stereocenters. The van der Waals surface area contributed by atoms with Gasteiger partial charge in [-0.25, -0.2) is 0 Å². The molecule has 1 aromatic carbocycles. The maximum absolute atomic E-state index is 5.84. The van der Waals surface area contributed by atoms with Crippen LogP contribution in [0.1, 0.15) is 18.2 Å². The van der Waals surface area contributed by atoms with Gasteiger partial charge in [0, 0.05) is 48.7 Å². The van der Waals surface area contributed by atoms with Crippen molar-refractivity contribution in [2.45, 2.75) is 25.8 Å². The summed E-state index contributed by atoms with van der Waals surface area (Å²) in [6.45, 7) is 8.67. The van der Waals surface area contributed by atoms with E-state index in [1.807, 2.05) is 18.2 Å². The molecule has 32 heavy (non-hydrogen) atoms. The molecule has 0 saturated carbocycles. The maximum Gasteiger partial charge on any atom is 0.195 e. The van der Waals surface area contributed by atoms with Gasteiger partial charge in [-0.3, -0.25) is 9.89 Å². The van der Waals surface area contributed by atoms with Crippen molar-refractivity contribution in [3.05, 3.63) is 40.6 Å². The Kier molecular flexibility index (Phi) is 10.4. The minimum atomic E-state index is 0. The van der Waals surface area contributed by atoms with Crippen molar-refractivity contribution < 1.29 is 14.2 Å². The predicted octanol–water partition coefficient (Wildman–Crippen LogP) is 3.85. The number of halogens is 1. The first kappa shape index (κ1) is 25.1. The molecule has 1 atom stereocenters. The van der Waals surface area contributed by atoms with Crippen molar-refractivity contribution in [3.63, 3.8) is 0 Å². The standard InChI is InChI=1S/C23H32N4O3S.HI/c1-18(27-9-13-28-14-10-27)17-25-23(24-8-7-20-4-2-15-31-20)26-19-5-6-21-22(16-19)30-12-3-11-29-21;/h2,4-6,15-16,18H,3,7-14,17H2,1H3,(H2,24,25,26);1H. The Bertz CT molecular complexity index is 844. The van der Waals surface area contributed by atoms with Gasteiger partial charge in [-0.1, -0.05) is 6.07 Å². The van der Waals surface area contributed by atoms with Crippen LogP contribution in [-0.4, -0.2) is 69.5 Å². The number of hydrogen-bond acceptors (Lipinski definition) is 6. The number of fused-ring (bicyclic) bond motifs is 1. The average molecular weight is 573 g/mol. The first-order valence-electron chi connectivity index (χ1n) is 11.1. The summed E-state index contributed by atoms with van der Waals surface area (Å²) in [6, 6.07) is 10.6. The number of nitrogens with one attached hydrogen (secondary N) is 2. The zero-order chi connectivity index (χ0) is 21.3. The van der Waals surface area contributed by atoms with E-state index in [1.54, 1.807) is 11.3 Å². The molecule has 0 spiro atoms. The van der Waals surface area contributed by atoms with Crippen LogP contribution in [0.15, 0.2) is 40.7 Å². The van der Waals surface area contributed by atoms with E-state index in [0.717, 1.165) is 75.4 Å². The van der Waals surface area contributed by atoms with Crippen molar-refractivity contribution in [2.24, 2.45) is 4.99 Å². The second kappa shape index (κ2) is 13.2. The highest BCUT2D eigenvalue weighted by Crippen LogP contribution is 2.32. The molecule has 4 rings (SSSR count). The van der Waals surface area contributed by atoms with Crippen LogP contribution in [0.3, 0.4) is 0 Å². The van der Waals surface area contributed by atoms with Crippen LogP contribution >= 0.6 is 35.3 Å². The summed E-state index contributed by atoms with van der Waals surface area (Å²) >= 11 is 1.78. The van der Waals surface area contributed by atoms with E-state index in [9.17, 15) is 0 Å². The third-order valence-electron chi connectivity index (χ3n) is 5.44. The van der Waals surface area contributed by atoms with Crippen LogP contribution in [0.5, 0.6) is 11.5 Å². The van der Waals surface area contributed by atoms with E-state index in [1.165, 1.54) is 4.88 Å². The van der Waals surface area contributed by atoms with Crippen LogP contribution in [0.2, 0.25) is 0 Å². The fraction of sp³-hybridized carbons (Fsp3) is 0.522. The summed E-state index contributed by atoms with van der Waals surface area (Å²) in [5.74, 6) is 2.36. The van der Waals surface area contributed by atoms with Crippen molar-refractivity contribution in [2.75, 3.05) is 57.9 Å². The number of rotatable bonds is 7. The number of nitrogens with zero attached hydrogens (tertiary/aromatic N) is 2. The van der Waals surface area contributed by atoms with Gasteiger partial charge in [0.1, 0.15) is 0 Å². The molecule has 0 aliphatic carbocycles. The number of anilines is 1. The number of hydrogen-bond donors (Lipinski definition) is 2. The van der Waals surface area contributed by atoms with E-state index < -0.39 is 0 Å². The Balaban J connectivity index is 0.00000289. The fourth-order valence-corrected chi connectivity index (χ4v) is 4.34. The summed E-state index contributed by atoms with van der Waals surface area (Å²) in [6.07, 6.45) is 1.87. The van der Waals surface area contributed by atoms with Crippen LogP contribution in [-0.2, 0) is 11.2 Å². The Morgan fingerprint density at radius 1 is 1.12 bits per heavy atom. The highest BCUT2D eigenvalue weighted by Gasteiger charge is 2.17. The number of morpholine rings is 1. The SMILES string of the molecule is CC(CN=C(NCCc1cccs1)Nc1ccc2c(c1)OCCCO2)N1CCOCC1.I. The first-order chi connectivity index (χ1) is 15.3. The molecule has 9 heteroatoms. The maximum atomic E-state index is 5.84. The van der Waals surface area contributed by atoms with E-state index in [4.69, 9.17) is 19.2 Å². The molecule has 0 radical (unpaired) electrons. The molecule has 0 bridgehead atoms. The Morgan fingerprint density at radius 2 is 1.94 bits per heavy atom. The summed E-state index contributed by atoms with van der Waals surface area (Å²) in [5, 5.41) is 9.05. The third kappa shape index (κ3) is 7.50.